The second-order valence-electron chi connectivity index (χ2n) is 10.5. The molecule has 0 radical (unpaired) electrons. The van der Waals surface area contributed by atoms with Crippen LogP contribution in [0.1, 0.15) is 34.8 Å². The van der Waals surface area contributed by atoms with E-state index in [-0.39, 0.29) is 27.9 Å². The van der Waals surface area contributed by atoms with Gasteiger partial charge in [-0.25, -0.2) is 24.1 Å². The lowest BCUT2D eigenvalue weighted by molar-refractivity contribution is -0.192. The summed E-state index contributed by atoms with van der Waals surface area (Å²) in [5.74, 6) is -4.88. The van der Waals surface area contributed by atoms with Crippen LogP contribution in [-0.4, -0.2) is 72.1 Å². The number of rotatable bonds is 7. The third kappa shape index (κ3) is 7.70. The number of ether oxygens (including phenoxy) is 1. The van der Waals surface area contributed by atoms with Gasteiger partial charge in [0, 0.05) is 54.5 Å². The zero-order chi connectivity index (χ0) is 35.3. The number of nitriles is 1. The lowest BCUT2D eigenvalue weighted by Gasteiger charge is -2.31. The van der Waals surface area contributed by atoms with Crippen molar-refractivity contribution in [2.75, 3.05) is 25.0 Å². The number of nitrogens with one attached hydrogen (secondary N) is 2. The number of nitrogens with zero attached hydrogens (tertiary/aromatic N) is 6. The molecule has 1 saturated heterocycles. The number of carboxylic acid groups (broad SMARTS) is 1. The Bertz CT molecular complexity index is 2020. The number of carbonyl (C=O) groups excluding carboxylic acids is 1. The van der Waals surface area contributed by atoms with Gasteiger partial charge >= 0.3 is 12.1 Å². The lowest BCUT2D eigenvalue weighted by atomic mass is 9.93. The van der Waals surface area contributed by atoms with Gasteiger partial charge in [-0.1, -0.05) is 11.6 Å². The SMILES string of the molecule is N#CCOc1ccc(-c2cnc3c(Nc4ccc(C(=O)N5CCC(c6cnc[nH]6)CC5)c(Cl)c4)nccn23)c(F)c1F.O=C(O)C(F)(F)F. The first-order valence-electron chi connectivity index (χ1n) is 14.3. The Morgan fingerprint density at radius 1 is 1.12 bits per heavy atom. The van der Waals surface area contributed by atoms with Crippen molar-refractivity contribution in [3.05, 3.63) is 89.4 Å². The third-order valence-corrected chi connectivity index (χ3v) is 7.80. The second kappa shape index (κ2) is 14.6. The van der Waals surface area contributed by atoms with Gasteiger partial charge < -0.3 is 25.0 Å². The fraction of sp³-hybridized carbons (Fsp3) is 0.226. The largest absolute Gasteiger partial charge is 0.490 e. The first-order chi connectivity index (χ1) is 23.4. The summed E-state index contributed by atoms with van der Waals surface area (Å²) in [5, 5.41) is 19.2. The van der Waals surface area contributed by atoms with Crippen LogP contribution in [0.3, 0.4) is 0 Å². The zero-order valence-corrected chi connectivity index (χ0v) is 25.8. The molecule has 0 aliphatic carbocycles. The number of anilines is 2. The summed E-state index contributed by atoms with van der Waals surface area (Å²) in [6, 6.07) is 9.36. The topological polar surface area (TPSA) is 162 Å². The highest BCUT2D eigenvalue weighted by Gasteiger charge is 2.38. The molecular weight excluding hydrogens is 679 g/mol. The number of amides is 1. The molecule has 0 unspecified atom stereocenters. The van der Waals surface area contributed by atoms with E-state index in [9.17, 15) is 26.7 Å². The van der Waals surface area contributed by atoms with E-state index in [1.807, 2.05) is 6.20 Å². The van der Waals surface area contributed by atoms with Crippen LogP contribution in [-0.2, 0) is 4.79 Å². The highest BCUT2D eigenvalue weighted by Crippen LogP contribution is 2.33. The number of hydrogen-bond acceptors (Lipinski definition) is 8. The molecule has 3 N–H and O–H groups in total. The van der Waals surface area contributed by atoms with E-state index in [1.165, 1.54) is 24.5 Å². The highest BCUT2D eigenvalue weighted by atomic mass is 35.5. The molecule has 6 rings (SSSR count). The number of aliphatic carboxylic acids is 1. The summed E-state index contributed by atoms with van der Waals surface area (Å²) in [6.07, 6.45) is 4.55. The molecule has 2 aromatic carbocycles. The van der Waals surface area contributed by atoms with Crippen LogP contribution in [0.4, 0.5) is 33.5 Å². The highest BCUT2D eigenvalue weighted by molar-refractivity contribution is 6.34. The summed E-state index contributed by atoms with van der Waals surface area (Å²) in [5.41, 5.74) is 2.65. The van der Waals surface area contributed by atoms with Gasteiger partial charge in [0.05, 0.1) is 28.8 Å². The Labute approximate surface area is 278 Å². The van der Waals surface area contributed by atoms with Crippen LogP contribution in [0.15, 0.2) is 61.4 Å². The fourth-order valence-corrected chi connectivity index (χ4v) is 5.38. The maximum Gasteiger partial charge on any atom is 0.490 e. The summed E-state index contributed by atoms with van der Waals surface area (Å²) < 4.78 is 67.7. The molecule has 0 saturated carbocycles. The predicted molar refractivity (Wildman–Crippen MR) is 164 cm³/mol. The summed E-state index contributed by atoms with van der Waals surface area (Å²) >= 11 is 6.55. The summed E-state index contributed by atoms with van der Waals surface area (Å²) in [7, 11) is 0. The number of alkyl halides is 3. The first kappa shape index (κ1) is 34.6. The van der Waals surface area contributed by atoms with Crippen molar-refractivity contribution in [3.8, 4) is 23.1 Å². The first-order valence-corrected chi connectivity index (χ1v) is 14.7. The van der Waals surface area contributed by atoms with Gasteiger partial charge in [-0.2, -0.15) is 22.8 Å². The minimum Gasteiger partial charge on any atom is -0.476 e. The fourth-order valence-electron chi connectivity index (χ4n) is 5.11. The molecule has 1 amide bonds. The standard InChI is InChI=1S/C29H23ClF2N8O2.C2HF3O2/c30-21-13-18(1-2-19(21)29(41)39-9-5-17(6-10-39)22-14-34-16-37-22)38-27-28-36-15-23(40(28)11-8-35-27)20-3-4-24(42-12-7-33)26(32)25(20)31;3-2(4,5)1(6)7/h1-4,8,11,13-17H,5-6,9-10,12H2,(H,34,37)(H,35,38);(H,6,7). The molecular formula is C31H24ClF5N8O4. The summed E-state index contributed by atoms with van der Waals surface area (Å²) in [6.45, 7) is 0.830. The Morgan fingerprint density at radius 2 is 1.86 bits per heavy atom. The molecule has 1 aliphatic heterocycles. The van der Waals surface area contributed by atoms with E-state index in [1.54, 1.807) is 46.1 Å². The molecule has 0 bridgehead atoms. The average molecular weight is 703 g/mol. The van der Waals surface area contributed by atoms with Crippen LogP contribution in [0.25, 0.3) is 16.9 Å². The van der Waals surface area contributed by atoms with Crippen LogP contribution >= 0.6 is 11.6 Å². The van der Waals surface area contributed by atoms with Crippen LogP contribution < -0.4 is 10.1 Å². The number of benzene rings is 2. The number of piperidine rings is 1. The molecule has 12 nitrogen and oxygen atoms in total. The van der Waals surface area contributed by atoms with Crippen molar-refractivity contribution >= 4 is 40.6 Å². The number of hydrogen-bond donors (Lipinski definition) is 3. The number of imidazole rings is 2. The molecule has 4 heterocycles. The van der Waals surface area contributed by atoms with Gasteiger partial charge in [0.1, 0.15) is 6.07 Å². The quantitative estimate of drug-likeness (QED) is 0.164. The maximum absolute atomic E-state index is 14.9. The Balaban J connectivity index is 0.000000606. The van der Waals surface area contributed by atoms with Crippen molar-refractivity contribution in [1.82, 2.24) is 29.2 Å². The molecule has 254 valence electrons. The smallest absolute Gasteiger partial charge is 0.476 e. The lowest BCUT2D eigenvalue weighted by Crippen LogP contribution is -2.38. The van der Waals surface area contributed by atoms with Crippen LogP contribution in [0.2, 0.25) is 5.02 Å². The van der Waals surface area contributed by atoms with Crippen molar-refractivity contribution in [3.63, 3.8) is 0 Å². The van der Waals surface area contributed by atoms with Crippen molar-refractivity contribution in [1.29, 1.82) is 5.26 Å². The minimum atomic E-state index is -5.08. The average Bonchev–Trinajstić information content (AvgIpc) is 3.77. The molecule has 0 spiro atoms. The van der Waals surface area contributed by atoms with Crippen molar-refractivity contribution in [2.24, 2.45) is 0 Å². The Kier molecular flexibility index (Phi) is 10.3. The zero-order valence-electron chi connectivity index (χ0n) is 25.0. The normalized spacial score (nSPS) is 13.4. The van der Waals surface area contributed by atoms with Crippen molar-refractivity contribution < 1.29 is 41.4 Å². The van der Waals surface area contributed by atoms with Gasteiger partial charge in [0.25, 0.3) is 5.91 Å². The molecule has 0 atom stereocenters. The number of carbonyl (C=O) groups is 2. The predicted octanol–water partition coefficient (Wildman–Crippen LogP) is 6.35. The van der Waals surface area contributed by atoms with Crippen molar-refractivity contribution in [2.45, 2.75) is 24.9 Å². The molecule has 1 fully saturated rings. The van der Waals surface area contributed by atoms with E-state index in [2.05, 4.69) is 25.3 Å². The molecule has 49 heavy (non-hydrogen) atoms. The minimum absolute atomic E-state index is 0.0408. The van der Waals surface area contributed by atoms with E-state index in [4.69, 9.17) is 31.5 Å². The second-order valence-corrected chi connectivity index (χ2v) is 10.9. The molecule has 3 aromatic heterocycles. The number of fused-ring (bicyclic) bond motifs is 1. The number of aromatic nitrogens is 5. The van der Waals surface area contributed by atoms with E-state index in [0.717, 1.165) is 18.5 Å². The van der Waals surface area contributed by atoms with Gasteiger partial charge in [-0.3, -0.25) is 9.20 Å². The number of aromatic amines is 1. The molecule has 5 aromatic rings. The molecule has 18 heteroatoms. The third-order valence-electron chi connectivity index (χ3n) is 7.49. The number of H-pyrrole nitrogens is 1. The van der Waals surface area contributed by atoms with Gasteiger partial charge in [0.2, 0.25) is 5.82 Å². The van der Waals surface area contributed by atoms with Gasteiger partial charge in [-0.05, 0) is 43.2 Å². The van der Waals surface area contributed by atoms with E-state index < -0.39 is 30.4 Å². The number of halogens is 6. The maximum atomic E-state index is 14.9. The van der Waals surface area contributed by atoms with Crippen LogP contribution in [0, 0.1) is 23.0 Å². The van der Waals surface area contributed by atoms with Gasteiger partial charge in [-0.15, -0.1) is 0 Å². The molecule has 1 aliphatic rings. The van der Waals surface area contributed by atoms with E-state index in [0.29, 0.717) is 41.7 Å². The van der Waals surface area contributed by atoms with E-state index >= 15 is 0 Å². The van der Waals surface area contributed by atoms with Gasteiger partial charge in [0.15, 0.2) is 29.6 Å². The van der Waals surface area contributed by atoms with Crippen LogP contribution in [0.5, 0.6) is 5.75 Å². The Morgan fingerprint density at radius 3 is 2.49 bits per heavy atom. The monoisotopic (exact) mass is 702 g/mol. The Hall–Kier alpha value is -5.76. The number of likely N-dealkylation sites (tertiary alicyclic amines) is 1. The number of carboxylic acids is 1. The summed E-state index contributed by atoms with van der Waals surface area (Å²) in [4.78, 5) is 39.9.